The number of carbonyl (C=O) groups is 1. The van der Waals surface area contributed by atoms with E-state index in [-0.39, 0.29) is 5.91 Å². The van der Waals surface area contributed by atoms with Crippen LogP contribution in [0.1, 0.15) is 15.9 Å². The zero-order valence-electron chi connectivity index (χ0n) is 14.9. The Bertz CT molecular complexity index is 1050. The molecule has 0 radical (unpaired) electrons. The molecule has 0 saturated heterocycles. The van der Waals surface area contributed by atoms with Gasteiger partial charge in [0.05, 0.1) is 6.54 Å². The lowest BCUT2D eigenvalue weighted by Crippen LogP contribution is -2.13. The fraction of sp³-hybridized carbons (Fsp3) is 0.0952. The number of aromatic nitrogens is 4. The van der Waals surface area contributed by atoms with Crippen LogP contribution >= 0.6 is 0 Å². The van der Waals surface area contributed by atoms with E-state index in [0.717, 1.165) is 23.2 Å². The molecule has 0 bridgehead atoms. The molecular weight excluding hydrogens is 338 g/mol. The van der Waals surface area contributed by atoms with Gasteiger partial charge in [-0.25, -0.2) is 0 Å². The van der Waals surface area contributed by atoms with Gasteiger partial charge in [0.1, 0.15) is 0 Å². The standard InChI is InChI=1S/C21H19N5O/c1-25-14-11-20(24-25)23-21(27)19-6-3-2-5-18(19)17-9-7-16(8-10-17)15-26-13-4-12-22-26/h2-14H,15H2,1H3,(H,23,24,27). The highest BCUT2D eigenvalue weighted by molar-refractivity contribution is 6.08. The Morgan fingerprint density at radius 2 is 1.81 bits per heavy atom. The first-order chi connectivity index (χ1) is 13.2. The van der Waals surface area contributed by atoms with Gasteiger partial charge in [0, 0.05) is 37.3 Å². The molecule has 2 aromatic carbocycles. The molecule has 2 aromatic heterocycles. The van der Waals surface area contributed by atoms with E-state index in [9.17, 15) is 4.79 Å². The number of hydrogen-bond acceptors (Lipinski definition) is 3. The van der Waals surface area contributed by atoms with E-state index in [0.29, 0.717) is 11.4 Å². The zero-order valence-corrected chi connectivity index (χ0v) is 14.9. The number of amides is 1. The molecule has 6 nitrogen and oxygen atoms in total. The third kappa shape index (κ3) is 3.79. The highest BCUT2D eigenvalue weighted by atomic mass is 16.1. The Labute approximate surface area is 157 Å². The quantitative estimate of drug-likeness (QED) is 0.594. The van der Waals surface area contributed by atoms with Crippen LogP contribution in [0.2, 0.25) is 0 Å². The topological polar surface area (TPSA) is 64.7 Å². The van der Waals surface area contributed by atoms with Crippen LogP contribution in [0.4, 0.5) is 5.82 Å². The second kappa shape index (κ2) is 7.29. The number of anilines is 1. The van der Waals surface area contributed by atoms with Crippen molar-refractivity contribution in [3.05, 3.63) is 90.4 Å². The summed E-state index contributed by atoms with van der Waals surface area (Å²) in [5.41, 5.74) is 3.64. The molecule has 4 aromatic rings. The van der Waals surface area contributed by atoms with E-state index in [1.807, 2.05) is 60.4 Å². The monoisotopic (exact) mass is 357 g/mol. The molecule has 1 amide bonds. The van der Waals surface area contributed by atoms with E-state index in [1.54, 1.807) is 23.1 Å². The summed E-state index contributed by atoms with van der Waals surface area (Å²) in [5.74, 6) is 0.358. The van der Waals surface area contributed by atoms with Gasteiger partial charge in [-0.05, 0) is 28.8 Å². The first-order valence-electron chi connectivity index (χ1n) is 8.66. The summed E-state index contributed by atoms with van der Waals surface area (Å²) >= 11 is 0. The minimum Gasteiger partial charge on any atom is -0.305 e. The van der Waals surface area contributed by atoms with Gasteiger partial charge < -0.3 is 5.32 Å². The van der Waals surface area contributed by atoms with Gasteiger partial charge in [-0.2, -0.15) is 10.2 Å². The van der Waals surface area contributed by atoms with Gasteiger partial charge in [0.2, 0.25) is 0 Å². The predicted octanol–water partition coefficient (Wildman–Crippen LogP) is 3.58. The Balaban J connectivity index is 1.57. The summed E-state index contributed by atoms with van der Waals surface area (Å²) < 4.78 is 3.53. The van der Waals surface area contributed by atoms with Crippen LogP contribution in [-0.4, -0.2) is 25.5 Å². The lowest BCUT2D eigenvalue weighted by atomic mass is 9.98. The third-order valence-electron chi connectivity index (χ3n) is 4.30. The maximum absolute atomic E-state index is 12.7. The van der Waals surface area contributed by atoms with Crippen molar-refractivity contribution in [1.82, 2.24) is 19.6 Å². The molecule has 2 heterocycles. The number of nitrogens with zero attached hydrogens (tertiary/aromatic N) is 4. The van der Waals surface area contributed by atoms with Crippen molar-refractivity contribution in [2.75, 3.05) is 5.32 Å². The maximum Gasteiger partial charge on any atom is 0.257 e. The second-order valence-corrected chi connectivity index (χ2v) is 6.27. The second-order valence-electron chi connectivity index (χ2n) is 6.27. The summed E-state index contributed by atoms with van der Waals surface area (Å²) in [7, 11) is 1.81. The Kier molecular flexibility index (Phi) is 4.53. The van der Waals surface area contributed by atoms with Crippen LogP contribution in [0.15, 0.2) is 79.3 Å². The molecule has 0 spiro atoms. The van der Waals surface area contributed by atoms with Crippen LogP contribution in [0, 0.1) is 0 Å². The van der Waals surface area contributed by atoms with Crippen molar-refractivity contribution in [3.8, 4) is 11.1 Å². The Morgan fingerprint density at radius 1 is 1.00 bits per heavy atom. The minimum absolute atomic E-state index is 0.176. The zero-order chi connectivity index (χ0) is 18.6. The average Bonchev–Trinajstić information content (AvgIpc) is 3.34. The van der Waals surface area contributed by atoms with Gasteiger partial charge >= 0.3 is 0 Å². The first-order valence-corrected chi connectivity index (χ1v) is 8.66. The van der Waals surface area contributed by atoms with E-state index in [4.69, 9.17) is 0 Å². The van der Waals surface area contributed by atoms with Crippen molar-refractivity contribution in [1.29, 1.82) is 0 Å². The van der Waals surface area contributed by atoms with Crippen molar-refractivity contribution in [3.63, 3.8) is 0 Å². The number of hydrogen-bond donors (Lipinski definition) is 1. The van der Waals surface area contributed by atoms with Crippen LogP contribution in [0.5, 0.6) is 0 Å². The van der Waals surface area contributed by atoms with E-state index in [2.05, 4.69) is 27.6 Å². The first kappa shape index (κ1) is 16.8. The van der Waals surface area contributed by atoms with E-state index in [1.165, 1.54) is 0 Å². The number of rotatable bonds is 5. The molecule has 6 heteroatoms. The van der Waals surface area contributed by atoms with Crippen molar-refractivity contribution in [2.45, 2.75) is 6.54 Å². The minimum atomic E-state index is -0.176. The summed E-state index contributed by atoms with van der Waals surface area (Å²) in [6.45, 7) is 0.717. The fourth-order valence-electron chi connectivity index (χ4n) is 2.97. The summed E-state index contributed by atoms with van der Waals surface area (Å²) in [6.07, 6.45) is 5.50. The summed E-state index contributed by atoms with van der Waals surface area (Å²) in [5, 5.41) is 11.3. The number of carbonyl (C=O) groups excluding carboxylic acids is 1. The normalized spacial score (nSPS) is 10.7. The van der Waals surface area contributed by atoms with Gasteiger partial charge in [0.25, 0.3) is 5.91 Å². The lowest BCUT2D eigenvalue weighted by Gasteiger charge is -2.10. The summed E-state index contributed by atoms with van der Waals surface area (Å²) in [4.78, 5) is 12.7. The van der Waals surface area contributed by atoms with Gasteiger partial charge in [-0.3, -0.25) is 14.2 Å². The molecule has 1 N–H and O–H groups in total. The van der Waals surface area contributed by atoms with Crippen LogP contribution in [0.3, 0.4) is 0 Å². The molecular formula is C21H19N5O. The van der Waals surface area contributed by atoms with Gasteiger partial charge in [-0.15, -0.1) is 0 Å². The van der Waals surface area contributed by atoms with E-state index < -0.39 is 0 Å². The summed E-state index contributed by atoms with van der Waals surface area (Å²) in [6, 6.07) is 19.4. The van der Waals surface area contributed by atoms with Crippen molar-refractivity contribution >= 4 is 11.7 Å². The molecule has 0 unspecified atom stereocenters. The molecule has 0 aliphatic heterocycles. The third-order valence-corrected chi connectivity index (χ3v) is 4.30. The van der Waals surface area contributed by atoms with Gasteiger partial charge in [0.15, 0.2) is 5.82 Å². The fourth-order valence-corrected chi connectivity index (χ4v) is 2.97. The molecule has 4 rings (SSSR count). The highest BCUT2D eigenvalue weighted by Gasteiger charge is 2.13. The number of benzene rings is 2. The van der Waals surface area contributed by atoms with Crippen LogP contribution in [-0.2, 0) is 13.6 Å². The number of aryl methyl sites for hydroxylation is 1. The molecule has 0 fully saturated rings. The molecule has 0 saturated carbocycles. The van der Waals surface area contributed by atoms with E-state index >= 15 is 0 Å². The Morgan fingerprint density at radius 3 is 2.52 bits per heavy atom. The van der Waals surface area contributed by atoms with Gasteiger partial charge in [-0.1, -0.05) is 42.5 Å². The SMILES string of the molecule is Cn1ccc(NC(=O)c2ccccc2-c2ccc(Cn3cccn3)cc2)n1. The van der Waals surface area contributed by atoms with Crippen LogP contribution in [0.25, 0.3) is 11.1 Å². The lowest BCUT2D eigenvalue weighted by molar-refractivity contribution is 0.102. The molecule has 0 aliphatic carbocycles. The molecule has 134 valence electrons. The Hall–Kier alpha value is -3.67. The maximum atomic E-state index is 12.7. The molecule has 27 heavy (non-hydrogen) atoms. The predicted molar refractivity (Wildman–Crippen MR) is 104 cm³/mol. The van der Waals surface area contributed by atoms with Crippen molar-refractivity contribution in [2.24, 2.45) is 7.05 Å². The van der Waals surface area contributed by atoms with Crippen molar-refractivity contribution < 1.29 is 4.79 Å². The highest BCUT2D eigenvalue weighted by Crippen LogP contribution is 2.25. The smallest absolute Gasteiger partial charge is 0.257 e. The average molecular weight is 357 g/mol. The van der Waals surface area contributed by atoms with Crippen LogP contribution < -0.4 is 5.32 Å². The number of nitrogens with one attached hydrogen (secondary N) is 1. The molecule has 0 atom stereocenters. The molecule has 0 aliphatic rings. The largest absolute Gasteiger partial charge is 0.305 e.